The lowest BCUT2D eigenvalue weighted by molar-refractivity contribution is -0.128. The fourth-order valence-corrected chi connectivity index (χ4v) is 6.03. The monoisotopic (exact) mass is 600 g/mol. The number of nitrogens with one attached hydrogen (secondary N) is 1. The molecule has 12 heteroatoms. The van der Waals surface area contributed by atoms with Gasteiger partial charge in [0.05, 0.1) is 16.8 Å². The van der Waals surface area contributed by atoms with Gasteiger partial charge in [-0.05, 0) is 37.1 Å². The summed E-state index contributed by atoms with van der Waals surface area (Å²) in [5.74, 6) is -2.79. The van der Waals surface area contributed by atoms with E-state index in [0.717, 1.165) is 0 Å². The molecule has 6 rings (SSSR count). The first kappa shape index (κ1) is 29.0. The molecular weight excluding hydrogens is 570 g/mol. The van der Waals surface area contributed by atoms with Gasteiger partial charge in [-0.25, -0.2) is 13.8 Å². The van der Waals surface area contributed by atoms with Crippen molar-refractivity contribution < 1.29 is 22.8 Å². The van der Waals surface area contributed by atoms with Crippen molar-refractivity contribution in [1.29, 1.82) is 0 Å². The normalized spacial score (nSPS) is 15.5. The van der Waals surface area contributed by atoms with Crippen molar-refractivity contribution >= 4 is 56.1 Å². The molecule has 0 aliphatic carbocycles. The highest BCUT2D eigenvalue weighted by Gasteiger charge is 2.33. The zero-order valence-corrected chi connectivity index (χ0v) is 24.6. The quantitative estimate of drug-likeness (QED) is 0.298. The van der Waals surface area contributed by atoms with Gasteiger partial charge in [-0.3, -0.25) is 23.8 Å². The number of fused-ring (bicyclic) bond motifs is 5. The minimum absolute atomic E-state index is 0.00200. The predicted molar refractivity (Wildman–Crippen MR) is 164 cm³/mol. The van der Waals surface area contributed by atoms with Crippen molar-refractivity contribution in [3.05, 3.63) is 82.4 Å². The number of carbonyl (C=O) groups is 2. The van der Waals surface area contributed by atoms with Gasteiger partial charge in [-0.2, -0.15) is 0 Å². The Morgan fingerprint density at radius 3 is 2.61 bits per heavy atom. The van der Waals surface area contributed by atoms with Gasteiger partial charge in [0, 0.05) is 50.4 Å². The van der Waals surface area contributed by atoms with Crippen LogP contribution < -0.4 is 15.8 Å². The summed E-state index contributed by atoms with van der Waals surface area (Å²) in [5.41, 5.74) is -0.322. The highest BCUT2D eigenvalue weighted by Crippen LogP contribution is 2.35. The van der Waals surface area contributed by atoms with Crippen LogP contribution in [-0.2, 0) is 4.79 Å². The molecule has 4 aromatic heterocycles. The summed E-state index contributed by atoms with van der Waals surface area (Å²) < 4.78 is 39.0. The molecule has 226 valence electrons. The van der Waals surface area contributed by atoms with Crippen LogP contribution in [-0.4, -0.2) is 63.8 Å². The molecular formula is C32H30F2N6O4. The first-order chi connectivity index (χ1) is 21.1. The van der Waals surface area contributed by atoms with Crippen molar-refractivity contribution in [3.63, 3.8) is 0 Å². The molecule has 0 unspecified atom stereocenters. The third-order valence-corrected chi connectivity index (χ3v) is 8.05. The maximum Gasteiger partial charge on any atom is 0.271 e. The topological polar surface area (TPSA) is 113 Å². The highest BCUT2D eigenvalue weighted by atomic mass is 19.1. The Labute approximate surface area is 250 Å². The second kappa shape index (κ2) is 10.9. The van der Waals surface area contributed by atoms with Crippen molar-refractivity contribution in [2.24, 2.45) is 0 Å². The minimum atomic E-state index is -0.872. The van der Waals surface area contributed by atoms with Crippen molar-refractivity contribution in [2.45, 2.75) is 32.7 Å². The highest BCUT2D eigenvalue weighted by molar-refractivity contribution is 6.09. The van der Waals surface area contributed by atoms with Crippen LogP contribution in [0.15, 0.2) is 58.4 Å². The second-order valence-corrected chi connectivity index (χ2v) is 11.1. The molecule has 1 aliphatic heterocycles. The van der Waals surface area contributed by atoms with Crippen molar-refractivity contribution in [1.82, 2.24) is 24.6 Å². The van der Waals surface area contributed by atoms with Gasteiger partial charge >= 0.3 is 0 Å². The molecule has 0 saturated carbocycles. The Morgan fingerprint density at radius 2 is 1.93 bits per heavy atom. The van der Waals surface area contributed by atoms with Gasteiger partial charge in [0.1, 0.15) is 28.0 Å². The van der Waals surface area contributed by atoms with E-state index in [1.807, 2.05) is 20.8 Å². The summed E-state index contributed by atoms with van der Waals surface area (Å²) in [7, 11) is 1.40. The Bertz CT molecular complexity index is 2120. The molecule has 2 bridgehead atoms. The number of amides is 2. The number of aromatic nitrogens is 3. The van der Waals surface area contributed by atoms with Gasteiger partial charge < -0.3 is 19.5 Å². The van der Waals surface area contributed by atoms with E-state index >= 15 is 8.78 Å². The molecule has 1 N–H and O–H groups in total. The number of pyridine rings is 3. The third kappa shape index (κ3) is 4.40. The second-order valence-electron chi connectivity index (χ2n) is 11.1. The SMILES string of the molecule is C=CC(=O)N1CCN(c2c(C(=O)NC)c(=O)n3c4nc(c(F)cc24)c2c(F)cccc2oc2ccnc(C(C)C)c23)C[C@H]1C. The average Bonchev–Trinajstić information content (AvgIpc) is 3.05. The molecule has 44 heavy (non-hydrogen) atoms. The van der Waals surface area contributed by atoms with E-state index in [1.165, 1.54) is 54.1 Å². The molecule has 1 aromatic carbocycles. The molecule has 0 radical (unpaired) electrons. The summed E-state index contributed by atoms with van der Waals surface area (Å²) in [5, 5.41) is 2.50. The maximum atomic E-state index is 16.2. The number of hydrogen-bond donors (Lipinski definition) is 1. The molecule has 1 saturated heterocycles. The van der Waals surface area contributed by atoms with E-state index in [-0.39, 0.29) is 87.4 Å². The van der Waals surface area contributed by atoms with E-state index in [0.29, 0.717) is 5.69 Å². The first-order valence-electron chi connectivity index (χ1n) is 14.2. The zero-order chi connectivity index (χ0) is 31.4. The lowest BCUT2D eigenvalue weighted by atomic mass is 10.0. The van der Waals surface area contributed by atoms with Crippen LogP contribution in [0.3, 0.4) is 0 Å². The fraction of sp³-hybridized carbons (Fsp3) is 0.281. The number of piperazine rings is 1. The van der Waals surface area contributed by atoms with Crippen LogP contribution in [0.25, 0.3) is 38.6 Å². The summed E-state index contributed by atoms with van der Waals surface area (Å²) in [6, 6.07) is 6.49. The van der Waals surface area contributed by atoms with Gasteiger partial charge in [-0.15, -0.1) is 0 Å². The third-order valence-electron chi connectivity index (χ3n) is 8.05. The number of benzene rings is 1. The molecule has 5 aromatic rings. The van der Waals surface area contributed by atoms with Crippen LogP contribution >= 0.6 is 0 Å². The summed E-state index contributed by atoms with van der Waals surface area (Å²) in [4.78, 5) is 53.2. The molecule has 5 heterocycles. The van der Waals surface area contributed by atoms with E-state index in [9.17, 15) is 14.4 Å². The lowest BCUT2D eigenvalue weighted by Gasteiger charge is -2.41. The van der Waals surface area contributed by atoms with E-state index in [4.69, 9.17) is 4.42 Å². The van der Waals surface area contributed by atoms with Crippen LogP contribution in [0.1, 0.15) is 42.7 Å². The van der Waals surface area contributed by atoms with E-state index < -0.39 is 23.1 Å². The van der Waals surface area contributed by atoms with Crippen molar-refractivity contribution in [2.75, 3.05) is 31.6 Å². The van der Waals surface area contributed by atoms with Crippen LogP contribution in [0.5, 0.6) is 0 Å². The fourth-order valence-electron chi connectivity index (χ4n) is 6.03. The molecule has 1 fully saturated rings. The molecule has 0 spiro atoms. The summed E-state index contributed by atoms with van der Waals surface area (Å²) in [6.45, 7) is 9.93. The van der Waals surface area contributed by atoms with Gasteiger partial charge in [0.25, 0.3) is 11.5 Å². The van der Waals surface area contributed by atoms with Gasteiger partial charge in [0.15, 0.2) is 17.0 Å². The summed E-state index contributed by atoms with van der Waals surface area (Å²) in [6.07, 6.45) is 2.74. The Kier molecular flexibility index (Phi) is 7.14. The maximum absolute atomic E-state index is 16.2. The Morgan fingerprint density at radius 1 is 1.16 bits per heavy atom. The molecule has 2 amide bonds. The molecule has 1 aliphatic rings. The van der Waals surface area contributed by atoms with Crippen LogP contribution in [0, 0.1) is 11.6 Å². The number of anilines is 1. The lowest BCUT2D eigenvalue weighted by Crippen LogP contribution is -2.54. The number of rotatable bonds is 4. The van der Waals surface area contributed by atoms with Crippen LogP contribution in [0.4, 0.5) is 14.5 Å². The van der Waals surface area contributed by atoms with E-state index in [1.54, 1.807) is 9.80 Å². The number of carbonyl (C=O) groups excluding carboxylic acids is 2. The molecule has 1 atom stereocenters. The first-order valence-corrected chi connectivity index (χ1v) is 14.2. The summed E-state index contributed by atoms with van der Waals surface area (Å²) >= 11 is 0. The van der Waals surface area contributed by atoms with Gasteiger partial charge in [0.2, 0.25) is 5.91 Å². The van der Waals surface area contributed by atoms with Crippen molar-refractivity contribution in [3.8, 4) is 0 Å². The van der Waals surface area contributed by atoms with Crippen LogP contribution in [0.2, 0.25) is 0 Å². The predicted octanol–water partition coefficient (Wildman–Crippen LogP) is 4.69. The smallest absolute Gasteiger partial charge is 0.271 e. The zero-order valence-electron chi connectivity index (χ0n) is 24.6. The number of hydrogen-bond acceptors (Lipinski definition) is 7. The number of halogens is 2. The number of nitrogens with zero attached hydrogens (tertiary/aromatic N) is 5. The molecule has 10 nitrogen and oxygen atoms in total. The standard InChI is InChI=1S/C32H30F2N6O4/c1-6-23(41)39-13-12-38(15-17(39)4)28-18-14-20(34)27-24-19(33)8-7-9-21(24)44-22-10-11-36-26(16(2)3)29(22)40(30(18)37-27)32(43)25(28)31(42)35-5/h6-11,14,16-17H,1,12-13,15H2,2-5H3,(H,35,42)/t17-/m1/s1. The Balaban J connectivity index is 1.87. The Hall–Kier alpha value is -5.13. The average molecular weight is 601 g/mol. The van der Waals surface area contributed by atoms with Gasteiger partial charge in [-0.1, -0.05) is 26.5 Å². The van der Waals surface area contributed by atoms with E-state index in [2.05, 4.69) is 21.9 Å². The largest absolute Gasteiger partial charge is 0.454 e. The minimum Gasteiger partial charge on any atom is -0.454 e.